The van der Waals surface area contributed by atoms with Crippen LogP contribution in [0.2, 0.25) is 0 Å². The number of rotatable bonds is 0. The monoisotopic (exact) mass is 669 g/mol. The normalized spacial score (nSPS) is 17.1. The number of nitrogens with zero attached hydrogens (tertiary/aromatic N) is 3. The van der Waals surface area contributed by atoms with Crippen LogP contribution >= 0.6 is 0 Å². The number of hydrogen-bond donors (Lipinski definition) is 0. The van der Waals surface area contributed by atoms with Crippen LogP contribution in [-0.4, -0.2) is 4.40 Å². The summed E-state index contributed by atoms with van der Waals surface area (Å²) in [4.78, 5) is 0. The van der Waals surface area contributed by atoms with E-state index in [9.17, 15) is 0 Å². The Morgan fingerprint density at radius 1 is 0.692 bits per heavy atom. The average Bonchev–Trinajstić information content (AvgIpc) is 3.83. The van der Waals surface area contributed by atoms with Crippen molar-refractivity contribution in [1.82, 2.24) is 4.40 Å². The van der Waals surface area contributed by atoms with Crippen LogP contribution in [0.3, 0.4) is 0 Å². The molecule has 2 atom stereocenters. The van der Waals surface area contributed by atoms with Gasteiger partial charge < -0.3 is 8.82 Å². The summed E-state index contributed by atoms with van der Waals surface area (Å²) in [5.74, 6) is 0.342. The summed E-state index contributed by atoms with van der Waals surface area (Å²) in [5.41, 5.74) is 15.9. The molecule has 4 nitrogen and oxygen atoms in total. The van der Waals surface area contributed by atoms with E-state index < -0.39 is 0 Å². The van der Waals surface area contributed by atoms with Gasteiger partial charge in [-0.1, -0.05) is 54.6 Å². The Kier molecular flexibility index (Phi) is 5.56. The van der Waals surface area contributed by atoms with Crippen LogP contribution in [0.4, 0.5) is 0 Å². The van der Waals surface area contributed by atoms with Crippen molar-refractivity contribution in [3.05, 3.63) is 157 Å². The number of benzene rings is 5. The Balaban J connectivity index is 1.19. The van der Waals surface area contributed by atoms with Crippen LogP contribution in [0.15, 0.2) is 145 Å². The van der Waals surface area contributed by atoms with Gasteiger partial charge in [0.25, 0.3) is 0 Å². The van der Waals surface area contributed by atoms with Gasteiger partial charge in [-0.2, -0.15) is 9.13 Å². The largest absolute Gasteiger partial charge is 0.456 e. The lowest BCUT2D eigenvalue weighted by molar-refractivity contribution is -0.720. The molecule has 0 saturated heterocycles. The Morgan fingerprint density at radius 2 is 1.52 bits per heavy atom. The number of furan rings is 1. The summed E-state index contributed by atoms with van der Waals surface area (Å²) in [6.07, 6.45) is 7.44. The van der Waals surface area contributed by atoms with Crippen molar-refractivity contribution < 1.29 is 13.6 Å². The highest BCUT2D eigenvalue weighted by Crippen LogP contribution is 2.48. The molecule has 0 spiro atoms. The first-order valence-corrected chi connectivity index (χ1v) is 18.5. The Morgan fingerprint density at radius 3 is 2.46 bits per heavy atom. The van der Waals surface area contributed by atoms with Gasteiger partial charge in [0, 0.05) is 67.6 Å². The third-order valence-corrected chi connectivity index (χ3v) is 12.3. The van der Waals surface area contributed by atoms with Crippen molar-refractivity contribution in [2.45, 2.75) is 38.1 Å². The molecule has 2 unspecified atom stereocenters. The maximum atomic E-state index is 6.60. The highest BCUT2D eigenvalue weighted by atomic mass is 16.3. The summed E-state index contributed by atoms with van der Waals surface area (Å²) in [5, 5.41) is 7.40. The van der Waals surface area contributed by atoms with Crippen LogP contribution in [0, 0.1) is 6.92 Å². The molecule has 5 aromatic carbocycles. The second-order valence-corrected chi connectivity index (χ2v) is 15.0. The quantitative estimate of drug-likeness (QED) is 0.148. The number of aromatic nitrogens is 3. The van der Waals surface area contributed by atoms with Crippen LogP contribution in [-0.2, 0) is 6.42 Å². The number of para-hydroxylation sites is 2. The third kappa shape index (κ3) is 3.66. The van der Waals surface area contributed by atoms with E-state index >= 15 is 0 Å². The van der Waals surface area contributed by atoms with Gasteiger partial charge in [0.2, 0.25) is 11.4 Å². The minimum Gasteiger partial charge on any atom is -0.456 e. The van der Waals surface area contributed by atoms with Gasteiger partial charge >= 0.3 is 0 Å². The second-order valence-electron chi connectivity index (χ2n) is 15.0. The van der Waals surface area contributed by atoms with E-state index in [1.54, 1.807) is 0 Å². The van der Waals surface area contributed by atoms with Crippen LogP contribution in [0.25, 0.3) is 88.2 Å². The van der Waals surface area contributed by atoms with Gasteiger partial charge in [-0.05, 0) is 86.0 Å². The first-order chi connectivity index (χ1) is 25.6. The molecule has 0 aliphatic carbocycles. The molecule has 10 aromatic rings. The van der Waals surface area contributed by atoms with Crippen molar-refractivity contribution in [2.75, 3.05) is 0 Å². The molecule has 52 heavy (non-hydrogen) atoms. The van der Waals surface area contributed by atoms with Crippen LogP contribution in [0.1, 0.15) is 41.5 Å². The van der Waals surface area contributed by atoms with Crippen molar-refractivity contribution in [3.63, 3.8) is 0 Å². The fourth-order valence-electron chi connectivity index (χ4n) is 10.1. The molecular weight excluding hydrogens is 635 g/mol. The maximum absolute atomic E-state index is 6.60. The summed E-state index contributed by atoms with van der Waals surface area (Å²) in [6, 6.07) is 45.2. The number of aryl methyl sites for hydroxylation is 2. The third-order valence-electron chi connectivity index (χ3n) is 12.3. The Hall–Kier alpha value is -6.26. The summed E-state index contributed by atoms with van der Waals surface area (Å²) in [6.45, 7) is 7.01. The zero-order chi connectivity index (χ0) is 34.2. The summed E-state index contributed by atoms with van der Waals surface area (Å²) in [7, 11) is 0. The molecule has 12 rings (SSSR count). The minimum atomic E-state index is 0.260. The number of hydrogen-bond acceptors (Lipinski definition) is 1. The van der Waals surface area contributed by atoms with Gasteiger partial charge in [-0.15, -0.1) is 0 Å². The number of allylic oxidation sites excluding steroid dienone is 1. The average molecular weight is 670 g/mol. The molecule has 5 aromatic heterocycles. The first kappa shape index (κ1) is 28.4. The minimum absolute atomic E-state index is 0.260. The van der Waals surface area contributed by atoms with Crippen LogP contribution in [0.5, 0.6) is 0 Å². The van der Waals surface area contributed by atoms with Gasteiger partial charge in [0.05, 0.1) is 28.5 Å². The van der Waals surface area contributed by atoms with Crippen molar-refractivity contribution in [3.8, 4) is 22.5 Å². The molecule has 0 radical (unpaired) electrons. The van der Waals surface area contributed by atoms with Crippen molar-refractivity contribution in [1.29, 1.82) is 0 Å². The highest BCUT2D eigenvalue weighted by Gasteiger charge is 2.42. The summed E-state index contributed by atoms with van der Waals surface area (Å²) >= 11 is 0. The lowest BCUT2D eigenvalue weighted by atomic mass is 9.77. The van der Waals surface area contributed by atoms with Crippen molar-refractivity contribution >= 4 is 65.7 Å². The molecular formula is C48H35N3O+2. The fourth-order valence-corrected chi connectivity index (χ4v) is 10.1. The van der Waals surface area contributed by atoms with Gasteiger partial charge in [0.15, 0.2) is 24.1 Å². The van der Waals surface area contributed by atoms with Crippen molar-refractivity contribution in [2.24, 2.45) is 0 Å². The molecule has 2 aliphatic rings. The first-order valence-electron chi connectivity index (χ1n) is 18.5. The molecule has 4 heteroatoms. The Bertz CT molecular complexity index is 3160. The van der Waals surface area contributed by atoms with E-state index in [0.29, 0.717) is 5.92 Å². The lowest BCUT2D eigenvalue weighted by Gasteiger charge is -2.31. The maximum Gasteiger partial charge on any atom is 0.218 e. The van der Waals surface area contributed by atoms with Gasteiger partial charge in [-0.3, -0.25) is 0 Å². The SMILES string of the molecule is C=C1CC2C(CCc3cc4c(cc3-c3ccc(C)c[n+]31)c1c3c(cc5c6ccccc6n4c51)oc1ccccc13)c1ccccc1-c1cccc[n+]12. The van der Waals surface area contributed by atoms with E-state index in [4.69, 9.17) is 11.0 Å². The number of fused-ring (bicyclic) bond motifs is 19. The zero-order valence-corrected chi connectivity index (χ0v) is 28.9. The predicted octanol–water partition coefficient (Wildman–Crippen LogP) is 11.1. The molecule has 0 N–H and O–H groups in total. The molecule has 246 valence electrons. The molecule has 7 heterocycles. The zero-order valence-electron chi connectivity index (χ0n) is 28.9. The fraction of sp³-hybridized carbons (Fsp3) is 0.125. The lowest BCUT2D eigenvalue weighted by Crippen LogP contribution is -2.49. The smallest absolute Gasteiger partial charge is 0.218 e. The van der Waals surface area contributed by atoms with E-state index in [1.165, 1.54) is 82.7 Å². The standard InChI is InChI=1S/C48H35N3O/c1-28-18-21-40-36-25-38-43(51-41-16-7-5-13-33(41)37-26-45-46(47(38)48(37)51)35-14-6-8-17-44(35)52-45)24-30(36)19-20-34-31-11-3-4-12-32(31)39-15-9-10-22-49(39)42(34)23-29(2)50(40)27-28/h3-18,21-22,24-27,34,42H,2,19-20,23H2,1H3/q+2. The highest BCUT2D eigenvalue weighted by molar-refractivity contribution is 6.35. The number of pyridine rings is 2. The summed E-state index contributed by atoms with van der Waals surface area (Å²) < 4.78 is 14.0. The van der Waals surface area contributed by atoms with E-state index in [0.717, 1.165) is 41.5 Å². The van der Waals surface area contributed by atoms with Gasteiger partial charge in [0.1, 0.15) is 11.2 Å². The van der Waals surface area contributed by atoms with E-state index in [1.807, 2.05) is 0 Å². The molecule has 0 fully saturated rings. The van der Waals surface area contributed by atoms with E-state index in [2.05, 4.69) is 154 Å². The molecule has 0 amide bonds. The predicted molar refractivity (Wildman–Crippen MR) is 211 cm³/mol. The van der Waals surface area contributed by atoms with E-state index in [-0.39, 0.29) is 6.04 Å². The molecule has 2 aliphatic heterocycles. The van der Waals surface area contributed by atoms with Crippen LogP contribution < -0.4 is 9.13 Å². The second kappa shape index (κ2) is 10.2. The topological polar surface area (TPSA) is 25.3 Å². The van der Waals surface area contributed by atoms with Gasteiger partial charge in [-0.25, -0.2) is 0 Å². The molecule has 0 bridgehead atoms. The Labute approximate surface area is 300 Å². The molecule has 0 saturated carbocycles.